The molecule has 2 fully saturated rings. The zero-order chi connectivity index (χ0) is 6.97. The van der Waals surface area contributed by atoms with Gasteiger partial charge in [0.05, 0.1) is 0 Å². The lowest BCUT2D eigenvalue weighted by atomic mass is 10.0. The molecule has 0 unspecified atom stereocenters. The summed E-state index contributed by atoms with van der Waals surface area (Å²) >= 11 is 0. The third-order valence-electron chi connectivity index (χ3n) is 2.48. The standard InChI is InChI=1S/C9H15N/c1-10-6-2-3-9(7-10)8-4-5-8/h2-7H2,1H3. The predicted molar refractivity (Wildman–Crippen MR) is 43.0 cm³/mol. The number of rotatable bonds is 0. The van der Waals surface area contributed by atoms with Gasteiger partial charge in [0.15, 0.2) is 0 Å². The molecule has 1 saturated heterocycles. The van der Waals surface area contributed by atoms with Gasteiger partial charge in [-0.3, -0.25) is 0 Å². The summed E-state index contributed by atoms with van der Waals surface area (Å²) in [5, 5.41) is 0. The third kappa shape index (κ3) is 1.24. The molecule has 1 saturated carbocycles. The molecule has 1 aliphatic heterocycles. The Balaban J connectivity index is 2.03. The summed E-state index contributed by atoms with van der Waals surface area (Å²) in [6, 6.07) is 0. The molecule has 0 radical (unpaired) electrons. The summed E-state index contributed by atoms with van der Waals surface area (Å²) in [5.74, 6) is 0. The quantitative estimate of drug-likeness (QED) is 0.460. The second-order valence-electron chi connectivity index (χ2n) is 3.55. The molecule has 2 aliphatic rings. The van der Waals surface area contributed by atoms with Crippen molar-refractivity contribution in [3.63, 3.8) is 0 Å². The minimum Gasteiger partial charge on any atom is -0.302 e. The molecule has 1 heterocycles. The largest absolute Gasteiger partial charge is 0.302 e. The van der Waals surface area contributed by atoms with E-state index in [0.29, 0.717) is 0 Å². The van der Waals surface area contributed by atoms with Crippen molar-refractivity contribution in [2.45, 2.75) is 25.7 Å². The van der Waals surface area contributed by atoms with Gasteiger partial charge in [-0.05, 0) is 39.3 Å². The maximum atomic E-state index is 2.43. The highest BCUT2D eigenvalue weighted by Crippen LogP contribution is 2.34. The molecular formula is C9H15N. The topological polar surface area (TPSA) is 3.24 Å². The number of hydrogen-bond acceptors (Lipinski definition) is 1. The van der Waals surface area contributed by atoms with Gasteiger partial charge in [-0.2, -0.15) is 0 Å². The first-order valence-electron chi connectivity index (χ1n) is 4.24. The third-order valence-corrected chi connectivity index (χ3v) is 2.48. The summed E-state index contributed by atoms with van der Waals surface area (Å²) in [5.41, 5.74) is 3.53. The Labute approximate surface area is 62.7 Å². The van der Waals surface area contributed by atoms with E-state index in [1.54, 1.807) is 11.1 Å². The van der Waals surface area contributed by atoms with Gasteiger partial charge < -0.3 is 4.90 Å². The summed E-state index contributed by atoms with van der Waals surface area (Å²) in [7, 11) is 2.22. The molecule has 0 aromatic carbocycles. The average molecular weight is 137 g/mol. The van der Waals surface area contributed by atoms with Crippen LogP contribution in [0.15, 0.2) is 11.1 Å². The first-order valence-corrected chi connectivity index (χ1v) is 4.24. The molecule has 0 aromatic heterocycles. The second kappa shape index (κ2) is 2.39. The van der Waals surface area contributed by atoms with Crippen LogP contribution in [-0.2, 0) is 0 Å². The predicted octanol–water partition coefficient (Wildman–Crippen LogP) is 1.80. The van der Waals surface area contributed by atoms with E-state index >= 15 is 0 Å². The van der Waals surface area contributed by atoms with Crippen LogP contribution < -0.4 is 0 Å². The average Bonchev–Trinajstić information content (AvgIpc) is 2.68. The maximum absolute atomic E-state index is 2.43. The van der Waals surface area contributed by atoms with Gasteiger partial charge in [0.1, 0.15) is 0 Å². The molecule has 0 N–H and O–H groups in total. The normalized spacial score (nSPS) is 27.3. The van der Waals surface area contributed by atoms with Crippen LogP contribution >= 0.6 is 0 Å². The monoisotopic (exact) mass is 137 g/mol. The summed E-state index contributed by atoms with van der Waals surface area (Å²) in [4.78, 5) is 2.43. The highest BCUT2D eigenvalue weighted by molar-refractivity contribution is 5.27. The molecular weight excluding hydrogens is 122 g/mol. The first kappa shape index (κ1) is 6.41. The van der Waals surface area contributed by atoms with Gasteiger partial charge in [0.25, 0.3) is 0 Å². The molecule has 1 nitrogen and oxygen atoms in total. The molecule has 1 heteroatoms. The van der Waals surface area contributed by atoms with Gasteiger partial charge >= 0.3 is 0 Å². The molecule has 0 bridgehead atoms. The van der Waals surface area contributed by atoms with E-state index in [4.69, 9.17) is 0 Å². The zero-order valence-electron chi connectivity index (χ0n) is 6.69. The Bertz CT molecular complexity index is 164. The highest BCUT2D eigenvalue weighted by Gasteiger charge is 2.20. The lowest BCUT2D eigenvalue weighted by molar-refractivity contribution is 0.322. The van der Waals surface area contributed by atoms with Crippen molar-refractivity contribution in [1.82, 2.24) is 4.90 Å². The fourth-order valence-electron chi connectivity index (χ4n) is 1.75. The molecule has 0 aromatic rings. The summed E-state index contributed by atoms with van der Waals surface area (Å²) in [6.45, 7) is 2.56. The van der Waals surface area contributed by atoms with E-state index in [1.807, 2.05) is 0 Å². The molecule has 0 amide bonds. The van der Waals surface area contributed by atoms with Crippen LogP contribution in [0.5, 0.6) is 0 Å². The first-order chi connectivity index (χ1) is 4.86. The molecule has 0 atom stereocenters. The Morgan fingerprint density at radius 2 is 1.90 bits per heavy atom. The van der Waals surface area contributed by atoms with Crippen molar-refractivity contribution >= 4 is 0 Å². The minimum absolute atomic E-state index is 1.26. The van der Waals surface area contributed by atoms with Crippen molar-refractivity contribution in [3.8, 4) is 0 Å². The van der Waals surface area contributed by atoms with Crippen LogP contribution in [0.2, 0.25) is 0 Å². The summed E-state index contributed by atoms with van der Waals surface area (Å²) in [6.07, 6.45) is 5.58. The SMILES string of the molecule is CN1CCCC(=C2CC2)C1. The van der Waals surface area contributed by atoms with Crippen LogP contribution in [0.25, 0.3) is 0 Å². The van der Waals surface area contributed by atoms with E-state index in [9.17, 15) is 0 Å². The van der Waals surface area contributed by atoms with Crippen LogP contribution in [0.1, 0.15) is 25.7 Å². The number of likely N-dealkylation sites (tertiary alicyclic amines) is 1. The van der Waals surface area contributed by atoms with Gasteiger partial charge in [-0.15, -0.1) is 0 Å². The van der Waals surface area contributed by atoms with Gasteiger partial charge in [-0.25, -0.2) is 0 Å². The molecule has 2 rings (SSSR count). The number of likely N-dealkylation sites (N-methyl/N-ethyl adjacent to an activating group) is 1. The van der Waals surface area contributed by atoms with Crippen LogP contribution in [-0.4, -0.2) is 25.0 Å². The number of nitrogens with zero attached hydrogens (tertiary/aromatic N) is 1. The Morgan fingerprint density at radius 3 is 2.50 bits per heavy atom. The molecule has 56 valence electrons. The van der Waals surface area contributed by atoms with Crippen molar-refractivity contribution in [2.24, 2.45) is 0 Å². The molecule has 1 aliphatic carbocycles. The minimum atomic E-state index is 1.26. The van der Waals surface area contributed by atoms with E-state index in [1.165, 1.54) is 38.8 Å². The fraction of sp³-hybridized carbons (Fsp3) is 0.778. The van der Waals surface area contributed by atoms with E-state index in [2.05, 4.69) is 11.9 Å². The molecule has 0 spiro atoms. The van der Waals surface area contributed by atoms with Gasteiger partial charge in [0.2, 0.25) is 0 Å². The fourth-order valence-corrected chi connectivity index (χ4v) is 1.75. The van der Waals surface area contributed by atoms with Crippen molar-refractivity contribution in [1.29, 1.82) is 0 Å². The second-order valence-corrected chi connectivity index (χ2v) is 3.55. The smallest absolute Gasteiger partial charge is 0.0192 e. The Morgan fingerprint density at radius 1 is 1.10 bits per heavy atom. The Kier molecular flexibility index (Phi) is 1.53. The van der Waals surface area contributed by atoms with Gasteiger partial charge in [0, 0.05) is 6.54 Å². The maximum Gasteiger partial charge on any atom is 0.0192 e. The molecule has 10 heavy (non-hydrogen) atoms. The van der Waals surface area contributed by atoms with E-state index in [-0.39, 0.29) is 0 Å². The van der Waals surface area contributed by atoms with Crippen molar-refractivity contribution in [2.75, 3.05) is 20.1 Å². The number of hydrogen-bond donors (Lipinski definition) is 0. The lowest BCUT2D eigenvalue weighted by Crippen LogP contribution is -2.26. The Hall–Kier alpha value is -0.300. The number of allylic oxidation sites excluding steroid dienone is 1. The lowest BCUT2D eigenvalue weighted by Gasteiger charge is -2.24. The van der Waals surface area contributed by atoms with E-state index in [0.717, 1.165) is 0 Å². The van der Waals surface area contributed by atoms with Gasteiger partial charge in [-0.1, -0.05) is 11.1 Å². The van der Waals surface area contributed by atoms with Crippen molar-refractivity contribution in [3.05, 3.63) is 11.1 Å². The zero-order valence-corrected chi connectivity index (χ0v) is 6.69. The van der Waals surface area contributed by atoms with Crippen LogP contribution in [0, 0.1) is 0 Å². The van der Waals surface area contributed by atoms with Crippen LogP contribution in [0.4, 0.5) is 0 Å². The van der Waals surface area contributed by atoms with Crippen LogP contribution in [0.3, 0.4) is 0 Å². The van der Waals surface area contributed by atoms with Crippen molar-refractivity contribution < 1.29 is 0 Å². The number of piperidine rings is 1. The highest BCUT2D eigenvalue weighted by atomic mass is 15.1. The summed E-state index contributed by atoms with van der Waals surface area (Å²) < 4.78 is 0. The van der Waals surface area contributed by atoms with E-state index < -0.39 is 0 Å².